The van der Waals surface area contributed by atoms with E-state index in [-0.39, 0.29) is 5.91 Å². The first-order valence-electron chi connectivity index (χ1n) is 9.35. The van der Waals surface area contributed by atoms with E-state index >= 15 is 0 Å². The van der Waals surface area contributed by atoms with Gasteiger partial charge < -0.3 is 14.5 Å². The van der Waals surface area contributed by atoms with Gasteiger partial charge in [0.25, 0.3) is 0 Å². The molecule has 1 aliphatic rings. The number of hydrogen-bond acceptors (Lipinski definition) is 5. The number of rotatable bonds is 4. The van der Waals surface area contributed by atoms with Crippen molar-refractivity contribution in [3.05, 3.63) is 57.1 Å². The number of benzene rings is 1. The lowest BCUT2D eigenvalue weighted by atomic mass is 9.88. The van der Waals surface area contributed by atoms with Crippen molar-refractivity contribution in [3.8, 4) is 0 Å². The second-order valence-electron chi connectivity index (χ2n) is 7.20. The molecule has 1 atom stereocenters. The van der Waals surface area contributed by atoms with Gasteiger partial charge in [0.15, 0.2) is 0 Å². The molecule has 7 heteroatoms. The third kappa shape index (κ3) is 4.09. The van der Waals surface area contributed by atoms with Crippen LogP contribution in [-0.4, -0.2) is 19.0 Å². The number of fused-ring (bicyclic) bond motifs is 2. The van der Waals surface area contributed by atoms with Crippen LogP contribution in [0.4, 0.5) is 5.00 Å². The lowest BCUT2D eigenvalue weighted by Crippen LogP contribution is -2.14. The lowest BCUT2D eigenvalue weighted by Gasteiger charge is -2.18. The minimum Gasteiger partial charge on any atom is -0.465 e. The maximum Gasteiger partial charge on any atom is 0.341 e. The van der Waals surface area contributed by atoms with Crippen LogP contribution in [0.2, 0.25) is 5.02 Å². The molecule has 0 aliphatic heterocycles. The van der Waals surface area contributed by atoms with E-state index in [0.717, 1.165) is 35.1 Å². The third-order valence-corrected chi connectivity index (χ3v) is 6.44. The zero-order valence-electron chi connectivity index (χ0n) is 16.1. The molecule has 2 aromatic heterocycles. The predicted molar refractivity (Wildman–Crippen MR) is 116 cm³/mol. The van der Waals surface area contributed by atoms with Crippen molar-refractivity contribution in [2.75, 3.05) is 12.4 Å². The number of methoxy groups -OCH3 is 1. The predicted octanol–water partition coefficient (Wildman–Crippen LogP) is 5.71. The second-order valence-corrected chi connectivity index (χ2v) is 8.74. The van der Waals surface area contributed by atoms with Crippen LogP contribution in [0.1, 0.15) is 39.9 Å². The number of amides is 1. The van der Waals surface area contributed by atoms with Gasteiger partial charge in [0.2, 0.25) is 5.91 Å². The van der Waals surface area contributed by atoms with Crippen LogP contribution in [0, 0.1) is 5.92 Å². The van der Waals surface area contributed by atoms with Crippen molar-refractivity contribution in [2.45, 2.75) is 26.2 Å². The Morgan fingerprint density at radius 3 is 2.97 bits per heavy atom. The first-order valence-corrected chi connectivity index (χ1v) is 10.5. The highest BCUT2D eigenvalue weighted by atomic mass is 35.5. The fraction of sp³-hybridized carbons (Fsp3) is 0.273. The zero-order valence-corrected chi connectivity index (χ0v) is 17.7. The highest BCUT2D eigenvalue weighted by Gasteiger charge is 2.28. The number of nitrogens with one attached hydrogen (secondary N) is 1. The molecule has 0 spiro atoms. The number of thiophene rings is 1. The molecule has 29 heavy (non-hydrogen) atoms. The normalized spacial score (nSPS) is 16.2. The largest absolute Gasteiger partial charge is 0.465 e. The molecule has 0 fully saturated rings. The van der Waals surface area contributed by atoms with Gasteiger partial charge in [-0.2, -0.15) is 0 Å². The fourth-order valence-electron chi connectivity index (χ4n) is 3.59. The Morgan fingerprint density at radius 1 is 1.34 bits per heavy atom. The minimum absolute atomic E-state index is 0.333. The SMILES string of the molecule is COC(=O)c1c(NC(=O)/C=C/c2cc3cc(Cl)ccc3o2)sc2c1CC[C@H](C)C2. The van der Waals surface area contributed by atoms with E-state index in [1.165, 1.54) is 24.5 Å². The number of ether oxygens (including phenoxy) is 1. The van der Waals surface area contributed by atoms with Crippen LogP contribution in [0.3, 0.4) is 0 Å². The van der Waals surface area contributed by atoms with Crippen molar-refractivity contribution < 1.29 is 18.7 Å². The Morgan fingerprint density at radius 2 is 2.17 bits per heavy atom. The smallest absolute Gasteiger partial charge is 0.341 e. The average molecular weight is 430 g/mol. The summed E-state index contributed by atoms with van der Waals surface area (Å²) in [5.74, 6) is 0.368. The summed E-state index contributed by atoms with van der Waals surface area (Å²) in [5, 5.41) is 4.87. The Balaban J connectivity index is 1.55. The van der Waals surface area contributed by atoms with Gasteiger partial charge in [0, 0.05) is 21.4 Å². The molecular weight excluding hydrogens is 410 g/mol. The van der Waals surface area contributed by atoms with Gasteiger partial charge in [0.1, 0.15) is 16.3 Å². The van der Waals surface area contributed by atoms with Crippen LogP contribution in [0.25, 0.3) is 17.0 Å². The molecule has 1 N–H and O–H groups in total. The molecule has 150 valence electrons. The Hall–Kier alpha value is -2.57. The number of halogens is 1. The van der Waals surface area contributed by atoms with Crippen LogP contribution < -0.4 is 5.32 Å². The summed E-state index contributed by atoms with van der Waals surface area (Å²) >= 11 is 7.45. The van der Waals surface area contributed by atoms with Gasteiger partial charge in [-0.1, -0.05) is 18.5 Å². The van der Waals surface area contributed by atoms with Crippen molar-refractivity contribution in [3.63, 3.8) is 0 Å². The Bertz CT molecular complexity index is 1130. The van der Waals surface area contributed by atoms with E-state index in [4.69, 9.17) is 20.8 Å². The number of esters is 1. The molecule has 0 saturated heterocycles. The fourth-order valence-corrected chi connectivity index (χ4v) is 5.17. The maximum absolute atomic E-state index is 12.5. The summed E-state index contributed by atoms with van der Waals surface area (Å²) in [5.41, 5.74) is 2.19. The van der Waals surface area contributed by atoms with Gasteiger partial charge in [0.05, 0.1) is 12.7 Å². The van der Waals surface area contributed by atoms with Crippen LogP contribution in [0.15, 0.2) is 34.8 Å². The number of anilines is 1. The molecule has 1 aromatic carbocycles. The van der Waals surface area contributed by atoms with Crippen LogP contribution in [-0.2, 0) is 22.4 Å². The first-order chi connectivity index (χ1) is 13.9. The summed E-state index contributed by atoms with van der Waals surface area (Å²) in [6.45, 7) is 2.20. The van der Waals surface area contributed by atoms with Gasteiger partial charge in [-0.05, 0) is 61.1 Å². The monoisotopic (exact) mass is 429 g/mol. The molecule has 4 rings (SSSR count). The van der Waals surface area contributed by atoms with Gasteiger partial charge in [-0.3, -0.25) is 4.79 Å². The zero-order chi connectivity index (χ0) is 20.5. The van der Waals surface area contributed by atoms with E-state index in [9.17, 15) is 9.59 Å². The standard InChI is InChI=1S/C22H20ClNO4S/c1-12-3-6-16-18(9-12)29-21(20(16)22(26)27-2)24-19(25)8-5-15-11-13-10-14(23)4-7-17(13)28-15/h4-5,7-8,10-12H,3,6,9H2,1-2H3,(H,24,25)/b8-5+/t12-/m0/s1. The minimum atomic E-state index is -0.412. The topological polar surface area (TPSA) is 68.5 Å². The molecule has 5 nitrogen and oxygen atoms in total. The summed E-state index contributed by atoms with van der Waals surface area (Å²) in [6.07, 6.45) is 5.75. The highest BCUT2D eigenvalue weighted by Crippen LogP contribution is 2.40. The number of hydrogen-bond donors (Lipinski definition) is 1. The van der Waals surface area contributed by atoms with Gasteiger partial charge >= 0.3 is 5.97 Å². The van der Waals surface area contributed by atoms with Gasteiger partial charge in [-0.15, -0.1) is 11.3 Å². The van der Waals surface area contributed by atoms with E-state index in [2.05, 4.69) is 12.2 Å². The van der Waals surface area contributed by atoms with Crippen LogP contribution >= 0.6 is 22.9 Å². The van der Waals surface area contributed by atoms with E-state index < -0.39 is 5.97 Å². The van der Waals surface area contributed by atoms with Gasteiger partial charge in [-0.25, -0.2) is 4.79 Å². The summed E-state index contributed by atoms with van der Waals surface area (Å²) in [6, 6.07) is 7.16. The molecule has 3 aromatic rings. The van der Waals surface area contributed by atoms with Crippen molar-refractivity contribution in [2.24, 2.45) is 5.92 Å². The van der Waals surface area contributed by atoms with Crippen molar-refractivity contribution in [1.29, 1.82) is 0 Å². The molecule has 0 bridgehead atoms. The van der Waals surface area contributed by atoms with E-state index in [1.54, 1.807) is 24.3 Å². The molecule has 2 heterocycles. The highest BCUT2D eigenvalue weighted by molar-refractivity contribution is 7.17. The Kier molecular flexibility index (Phi) is 5.48. The van der Waals surface area contributed by atoms with E-state index in [0.29, 0.717) is 32.8 Å². The average Bonchev–Trinajstić information content (AvgIpc) is 3.25. The van der Waals surface area contributed by atoms with Crippen molar-refractivity contribution in [1.82, 2.24) is 0 Å². The first kappa shape index (κ1) is 19.7. The number of carbonyl (C=O) groups is 2. The van der Waals surface area contributed by atoms with Crippen molar-refractivity contribution >= 4 is 56.9 Å². The molecule has 0 radical (unpaired) electrons. The number of furan rings is 1. The molecule has 0 saturated carbocycles. The molecule has 1 amide bonds. The summed E-state index contributed by atoms with van der Waals surface area (Å²) < 4.78 is 10.6. The number of carbonyl (C=O) groups excluding carboxylic acids is 2. The summed E-state index contributed by atoms with van der Waals surface area (Å²) in [7, 11) is 1.36. The molecule has 0 unspecified atom stereocenters. The quantitative estimate of drug-likeness (QED) is 0.426. The lowest BCUT2D eigenvalue weighted by molar-refractivity contribution is -0.111. The molecule has 1 aliphatic carbocycles. The Labute approximate surface area is 177 Å². The van der Waals surface area contributed by atoms with E-state index in [1.807, 2.05) is 6.07 Å². The van der Waals surface area contributed by atoms with Crippen LogP contribution in [0.5, 0.6) is 0 Å². The maximum atomic E-state index is 12.5. The third-order valence-electron chi connectivity index (χ3n) is 5.03. The second kappa shape index (κ2) is 8.05. The summed E-state index contributed by atoms with van der Waals surface area (Å²) in [4.78, 5) is 26.0. The molecular formula is C22H20ClNO4S.